The van der Waals surface area contributed by atoms with E-state index in [1.165, 1.54) is 0 Å². The molecule has 0 amide bonds. The Balaban J connectivity index is 2.50. The Bertz CT molecular complexity index is 340. The molecule has 1 unspecified atom stereocenters. The van der Waals surface area contributed by atoms with Gasteiger partial charge in [0.05, 0.1) is 0 Å². The first-order chi connectivity index (χ1) is 8.47. The molecule has 0 saturated heterocycles. The molecule has 0 heterocycles. The Labute approximate surface area is 111 Å². The maximum atomic E-state index is 9.43. The van der Waals surface area contributed by atoms with Crippen molar-refractivity contribution in [1.29, 1.82) is 0 Å². The van der Waals surface area contributed by atoms with E-state index >= 15 is 0 Å². The van der Waals surface area contributed by atoms with Crippen LogP contribution in [0.5, 0.6) is 5.75 Å². The average Bonchev–Trinajstić information content (AvgIpc) is 2.24. The second-order valence-electron chi connectivity index (χ2n) is 5.64. The Morgan fingerprint density at radius 1 is 1.28 bits per heavy atom. The van der Waals surface area contributed by atoms with Gasteiger partial charge in [-0.3, -0.25) is 0 Å². The second kappa shape index (κ2) is 7.39. The quantitative estimate of drug-likeness (QED) is 0.780. The summed E-state index contributed by atoms with van der Waals surface area (Å²) in [4.78, 5) is 2.21. The molecule has 0 spiro atoms. The summed E-state index contributed by atoms with van der Waals surface area (Å²) in [6, 6.07) is 7.93. The number of phenols is 1. The SMILES string of the molecule is CC(C)CC(CN(C)C)NCc1cccc(O)c1. The lowest BCUT2D eigenvalue weighted by molar-refractivity contribution is 0.305. The predicted molar refractivity (Wildman–Crippen MR) is 76.7 cm³/mol. The third-order valence-corrected chi connectivity index (χ3v) is 2.85. The molecule has 3 nitrogen and oxygen atoms in total. The van der Waals surface area contributed by atoms with E-state index in [1.54, 1.807) is 6.07 Å². The summed E-state index contributed by atoms with van der Waals surface area (Å²) in [7, 11) is 4.20. The van der Waals surface area contributed by atoms with Crippen LogP contribution in [0.3, 0.4) is 0 Å². The van der Waals surface area contributed by atoms with Crippen molar-refractivity contribution >= 4 is 0 Å². The van der Waals surface area contributed by atoms with Crippen LogP contribution in [-0.4, -0.2) is 36.7 Å². The molecule has 1 aromatic carbocycles. The van der Waals surface area contributed by atoms with Gasteiger partial charge in [-0.1, -0.05) is 26.0 Å². The van der Waals surface area contributed by atoms with Gasteiger partial charge in [0.2, 0.25) is 0 Å². The lowest BCUT2D eigenvalue weighted by Gasteiger charge is -2.24. The zero-order valence-corrected chi connectivity index (χ0v) is 12.0. The van der Waals surface area contributed by atoms with Crippen LogP contribution in [0.25, 0.3) is 0 Å². The molecular formula is C15H26N2O. The van der Waals surface area contributed by atoms with Gasteiger partial charge in [0.15, 0.2) is 0 Å². The summed E-state index contributed by atoms with van der Waals surface area (Å²) in [5, 5.41) is 13.0. The Morgan fingerprint density at radius 3 is 2.56 bits per heavy atom. The average molecular weight is 250 g/mol. The lowest BCUT2D eigenvalue weighted by Crippen LogP contribution is -2.38. The highest BCUT2D eigenvalue weighted by Gasteiger charge is 2.11. The van der Waals surface area contributed by atoms with Gasteiger partial charge in [0.25, 0.3) is 0 Å². The van der Waals surface area contributed by atoms with Gasteiger partial charge in [0, 0.05) is 19.1 Å². The van der Waals surface area contributed by atoms with Gasteiger partial charge in [0.1, 0.15) is 5.75 Å². The van der Waals surface area contributed by atoms with Crippen molar-refractivity contribution in [2.24, 2.45) is 5.92 Å². The Hall–Kier alpha value is -1.06. The Kier molecular flexibility index (Phi) is 6.16. The zero-order valence-electron chi connectivity index (χ0n) is 12.0. The standard InChI is InChI=1S/C15H26N2O/c1-12(2)8-14(11-17(3)4)16-10-13-6-5-7-15(18)9-13/h5-7,9,12,14,16,18H,8,10-11H2,1-4H3. The van der Waals surface area contributed by atoms with Crippen molar-refractivity contribution in [2.45, 2.75) is 32.9 Å². The maximum absolute atomic E-state index is 9.43. The molecule has 102 valence electrons. The number of nitrogens with zero attached hydrogens (tertiary/aromatic N) is 1. The van der Waals surface area contributed by atoms with Crippen LogP contribution in [0.15, 0.2) is 24.3 Å². The molecule has 0 aromatic heterocycles. The minimum Gasteiger partial charge on any atom is -0.508 e. The van der Waals surface area contributed by atoms with E-state index in [2.05, 4.69) is 38.2 Å². The topological polar surface area (TPSA) is 35.5 Å². The normalized spacial score (nSPS) is 13.2. The number of rotatable bonds is 7. The van der Waals surface area contributed by atoms with Gasteiger partial charge in [-0.25, -0.2) is 0 Å². The number of hydrogen-bond donors (Lipinski definition) is 2. The van der Waals surface area contributed by atoms with Gasteiger partial charge >= 0.3 is 0 Å². The molecular weight excluding hydrogens is 224 g/mol. The van der Waals surface area contributed by atoms with Gasteiger partial charge in [-0.2, -0.15) is 0 Å². The Morgan fingerprint density at radius 2 is 2.00 bits per heavy atom. The van der Waals surface area contributed by atoms with Crippen molar-refractivity contribution in [2.75, 3.05) is 20.6 Å². The highest BCUT2D eigenvalue weighted by Crippen LogP contribution is 2.12. The number of likely N-dealkylation sites (N-methyl/N-ethyl adjacent to an activating group) is 1. The van der Waals surface area contributed by atoms with Gasteiger partial charge < -0.3 is 15.3 Å². The molecule has 3 heteroatoms. The lowest BCUT2D eigenvalue weighted by atomic mass is 10.0. The van der Waals surface area contributed by atoms with E-state index in [0.29, 0.717) is 17.7 Å². The third-order valence-electron chi connectivity index (χ3n) is 2.85. The van der Waals surface area contributed by atoms with Crippen LogP contribution >= 0.6 is 0 Å². The highest BCUT2D eigenvalue weighted by atomic mass is 16.3. The first-order valence-electron chi connectivity index (χ1n) is 6.63. The third kappa shape index (κ3) is 6.03. The van der Waals surface area contributed by atoms with Crippen molar-refractivity contribution in [3.8, 4) is 5.75 Å². The fourth-order valence-electron chi connectivity index (χ4n) is 2.16. The molecule has 0 radical (unpaired) electrons. The molecule has 0 aliphatic heterocycles. The minimum atomic E-state index is 0.335. The number of aromatic hydroxyl groups is 1. The van der Waals surface area contributed by atoms with Gasteiger partial charge in [-0.15, -0.1) is 0 Å². The van der Waals surface area contributed by atoms with Crippen LogP contribution in [0.1, 0.15) is 25.8 Å². The summed E-state index contributed by atoms with van der Waals surface area (Å²) in [5.74, 6) is 1.02. The predicted octanol–water partition coefficient (Wildman–Crippen LogP) is 2.46. The number of nitrogens with one attached hydrogen (secondary N) is 1. The second-order valence-corrected chi connectivity index (χ2v) is 5.64. The van der Waals surface area contributed by atoms with Crippen LogP contribution < -0.4 is 5.32 Å². The molecule has 0 aliphatic rings. The fourth-order valence-corrected chi connectivity index (χ4v) is 2.16. The summed E-state index contributed by atoms with van der Waals surface area (Å²) >= 11 is 0. The smallest absolute Gasteiger partial charge is 0.115 e. The molecule has 1 aromatic rings. The monoisotopic (exact) mass is 250 g/mol. The zero-order chi connectivity index (χ0) is 13.5. The van der Waals surface area contributed by atoms with E-state index in [9.17, 15) is 5.11 Å². The minimum absolute atomic E-state index is 0.335. The van der Waals surface area contributed by atoms with Crippen LogP contribution in [0.4, 0.5) is 0 Å². The fraction of sp³-hybridized carbons (Fsp3) is 0.600. The largest absolute Gasteiger partial charge is 0.508 e. The van der Waals surface area contributed by atoms with Crippen molar-refractivity contribution < 1.29 is 5.11 Å². The molecule has 18 heavy (non-hydrogen) atoms. The summed E-state index contributed by atoms with van der Waals surface area (Å²) in [5.41, 5.74) is 1.13. The first kappa shape index (κ1) is 15.0. The van der Waals surface area contributed by atoms with Crippen LogP contribution in [0.2, 0.25) is 0 Å². The van der Waals surface area contributed by atoms with E-state index in [0.717, 1.165) is 25.1 Å². The molecule has 1 atom stereocenters. The molecule has 0 fully saturated rings. The number of phenolic OH excluding ortho intramolecular Hbond substituents is 1. The van der Waals surface area contributed by atoms with Crippen molar-refractivity contribution in [3.63, 3.8) is 0 Å². The first-order valence-corrected chi connectivity index (χ1v) is 6.63. The van der Waals surface area contributed by atoms with Crippen LogP contribution in [-0.2, 0) is 6.54 Å². The number of hydrogen-bond acceptors (Lipinski definition) is 3. The number of benzene rings is 1. The molecule has 2 N–H and O–H groups in total. The molecule has 0 bridgehead atoms. The molecule has 0 aliphatic carbocycles. The molecule has 1 rings (SSSR count). The van der Waals surface area contributed by atoms with E-state index in [4.69, 9.17) is 0 Å². The van der Waals surface area contributed by atoms with E-state index < -0.39 is 0 Å². The summed E-state index contributed by atoms with van der Waals surface area (Å²) < 4.78 is 0. The van der Waals surface area contributed by atoms with E-state index in [-0.39, 0.29) is 0 Å². The highest BCUT2D eigenvalue weighted by molar-refractivity contribution is 5.26. The van der Waals surface area contributed by atoms with Crippen LogP contribution in [0, 0.1) is 5.92 Å². The summed E-state index contributed by atoms with van der Waals surface area (Å²) in [6.45, 7) is 6.34. The molecule has 0 saturated carbocycles. The maximum Gasteiger partial charge on any atom is 0.115 e. The summed E-state index contributed by atoms with van der Waals surface area (Å²) in [6.07, 6.45) is 1.16. The van der Waals surface area contributed by atoms with Gasteiger partial charge in [-0.05, 0) is 44.1 Å². The van der Waals surface area contributed by atoms with E-state index in [1.807, 2.05) is 18.2 Å². The van der Waals surface area contributed by atoms with Crippen molar-refractivity contribution in [3.05, 3.63) is 29.8 Å². The van der Waals surface area contributed by atoms with Crippen molar-refractivity contribution in [1.82, 2.24) is 10.2 Å².